The number of aromatic nitrogens is 2. The monoisotopic (exact) mass is 612 g/mol. The smallest absolute Gasteiger partial charge is 0.545 e. The zero-order chi connectivity index (χ0) is 29.5. The number of ketones is 1. The minimum Gasteiger partial charge on any atom is -0.545 e. The van der Waals surface area contributed by atoms with Crippen molar-refractivity contribution in [2.45, 2.75) is 6.92 Å². The molecule has 0 aliphatic rings. The predicted molar refractivity (Wildman–Crippen MR) is 157 cm³/mol. The fraction of sp³-hybridized carbons (Fsp3) is 0.0667. The second-order valence-electron chi connectivity index (χ2n) is 8.64. The topological polar surface area (TPSA) is 136 Å². The first-order valence-corrected chi connectivity index (χ1v) is 12.9. The largest absolute Gasteiger partial charge is 1.00 e. The number of carbonyl (C=O) groups is 3. The van der Waals surface area contributed by atoms with Crippen molar-refractivity contribution in [3.05, 3.63) is 117 Å². The van der Waals surface area contributed by atoms with Crippen molar-refractivity contribution >= 4 is 69.4 Å². The number of rotatable bonds is 6. The van der Waals surface area contributed by atoms with Crippen molar-refractivity contribution in [1.29, 1.82) is 0 Å². The summed E-state index contributed by atoms with van der Waals surface area (Å²) < 4.78 is 4.51. The van der Waals surface area contributed by atoms with Crippen LogP contribution < -0.4 is 45.3 Å². The van der Waals surface area contributed by atoms with Crippen molar-refractivity contribution in [2.75, 3.05) is 17.7 Å². The van der Waals surface area contributed by atoms with Crippen LogP contribution in [-0.4, -0.2) is 34.9 Å². The molecule has 4 aromatic carbocycles. The van der Waals surface area contributed by atoms with Gasteiger partial charge in [-0.25, -0.2) is 9.78 Å². The molecule has 1 heterocycles. The number of imidazole rings is 1. The number of H-pyrrole nitrogens is 1. The standard InChI is InChI=1S/C16H13N3O3.C14H11Cl2NO2.Na/c1-22-16(21)19-15-17-12-8-7-11(9-13(12)18-15)14(20)10-5-3-2-4-6-10;1-8-6-7-10(15)13(12(8)16)17-11-5-3-2-4-9(11)14(18)19;/h2-9H,1H3,(H2,17,18,19,21);2-7,17H,1H3,(H,18,19);/q;;+1/p-1. The third-order valence-corrected chi connectivity index (χ3v) is 6.68. The van der Waals surface area contributed by atoms with Gasteiger partial charge in [0.15, 0.2) is 5.78 Å². The van der Waals surface area contributed by atoms with Crippen LogP contribution in [0.5, 0.6) is 0 Å². The number of amides is 1. The number of fused-ring (bicyclic) bond motifs is 1. The molecule has 42 heavy (non-hydrogen) atoms. The minimum atomic E-state index is -1.26. The summed E-state index contributed by atoms with van der Waals surface area (Å²) in [5.41, 5.74) is 4.25. The Bertz CT molecular complexity index is 1750. The molecule has 1 amide bonds. The van der Waals surface area contributed by atoms with E-state index in [1.807, 2.05) is 25.1 Å². The second kappa shape index (κ2) is 14.9. The van der Waals surface area contributed by atoms with Crippen LogP contribution in [0.3, 0.4) is 0 Å². The normalized spacial score (nSPS) is 10.1. The van der Waals surface area contributed by atoms with E-state index in [1.165, 1.54) is 13.2 Å². The van der Waals surface area contributed by atoms with Gasteiger partial charge in [0.25, 0.3) is 0 Å². The number of carboxylic acids is 1. The third-order valence-electron chi connectivity index (χ3n) is 5.88. The molecule has 208 valence electrons. The Kier molecular flexibility index (Phi) is 11.6. The third kappa shape index (κ3) is 7.90. The van der Waals surface area contributed by atoms with Gasteiger partial charge in [0.05, 0.1) is 39.8 Å². The molecule has 0 saturated heterocycles. The number of ether oxygens (including phenoxy) is 1. The number of aromatic amines is 1. The van der Waals surface area contributed by atoms with Gasteiger partial charge in [0.1, 0.15) is 0 Å². The Morgan fingerprint density at radius 2 is 1.60 bits per heavy atom. The summed E-state index contributed by atoms with van der Waals surface area (Å²) in [7, 11) is 1.27. The van der Waals surface area contributed by atoms with Crippen LogP contribution >= 0.6 is 23.2 Å². The SMILES string of the molecule is COC(=O)Nc1nc2ccc(C(=O)c3ccccc3)cc2[nH]1.Cc1ccc(Cl)c(Nc2ccccc2C(=O)[O-])c1Cl.[Na+]. The summed E-state index contributed by atoms with van der Waals surface area (Å²) in [6, 6.07) is 24.1. The second-order valence-corrected chi connectivity index (χ2v) is 9.43. The number of nitrogens with one attached hydrogen (secondary N) is 3. The molecule has 0 aliphatic heterocycles. The van der Waals surface area contributed by atoms with Crippen molar-refractivity contribution in [3.8, 4) is 0 Å². The molecule has 0 unspecified atom stereocenters. The summed E-state index contributed by atoms with van der Waals surface area (Å²) in [5, 5.41) is 17.3. The van der Waals surface area contributed by atoms with Crippen molar-refractivity contribution in [3.63, 3.8) is 0 Å². The van der Waals surface area contributed by atoms with Crippen molar-refractivity contribution < 1.29 is 53.8 Å². The van der Waals surface area contributed by atoms with Gasteiger partial charge in [0.2, 0.25) is 5.95 Å². The number of carbonyl (C=O) groups excluding carboxylic acids is 3. The van der Waals surface area contributed by atoms with Gasteiger partial charge in [-0.1, -0.05) is 77.8 Å². The van der Waals surface area contributed by atoms with E-state index < -0.39 is 12.1 Å². The van der Waals surface area contributed by atoms with Crippen LogP contribution in [0.4, 0.5) is 22.1 Å². The molecular weight excluding hydrogens is 590 g/mol. The summed E-state index contributed by atoms with van der Waals surface area (Å²) >= 11 is 12.2. The van der Waals surface area contributed by atoms with Crippen LogP contribution in [0.25, 0.3) is 11.0 Å². The Morgan fingerprint density at radius 3 is 2.29 bits per heavy atom. The van der Waals surface area contributed by atoms with Gasteiger partial charge in [0, 0.05) is 22.4 Å². The number of aryl methyl sites for hydroxylation is 1. The van der Waals surface area contributed by atoms with Gasteiger partial charge < -0.3 is 24.9 Å². The number of halogens is 2. The molecule has 0 bridgehead atoms. The van der Waals surface area contributed by atoms with Crippen LogP contribution in [-0.2, 0) is 4.74 Å². The number of methoxy groups -OCH3 is 1. The summed E-state index contributed by atoms with van der Waals surface area (Å²) in [6.45, 7) is 1.84. The van der Waals surface area contributed by atoms with E-state index in [9.17, 15) is 19.5 Å². The van der Waals surface area contributed by atoms with Gasteiger partial charge in [-0.15, -0.1) is 0 Å². The first kappa shape index (κ1) is 32.7. The van der Waals surface area contributed by atoms with E-state index in [-0.39, 0.29) is 46.9 Å². The Hall–Kier alpha value is -3.86. The van der Waals surface area contributed by atoms with E-state index in [2.05, 4.69) is 25.3 Å². The summed E-state index contributed by atoms with van der Waals surface area (Å²) in [5.74, 6) is -1.06. The Labute approximate surface area is 273 Å². The first-order chi connectivity index (χ1) is 19.7. The van der Waals surface area contributed by atoms with E-state index in [1.54, 1.807) is 60.7 Å². The van der Waals surface area contributed by atoms with Crippen molar-refractivity contribution in [2.24, 2.45) is 0 Å². The number of para-hydroxylation sites is 1. The maximum absolute atomic E-state index is 12.4. The Balaban J connectivity index is 0.000000228. The number of hydrogen-bond acceptors (Lipinski definition) is 7. The van der Waals surface area contributed by atoms with E-state index in [4.69, 9.17) is 23.2 Å². The van der Waals surface area contributed by atoms with Gasteiger partial charge in [-0.2, -0.15) is 0 Å². The molecule has 1 aromatic heterocycles. The van der Waals surface area contributed by atoms with Crippen LogP contribution in [0.15, 0.2) is 84.9 Å². The van der Waals surface area contributed by atoms with E-state index in [0.717, 1.165) is 5.56 Å². The molecule has 0 fully saturated rings. The van der Waals surface area contributed by atoms with Gasteiger partial charge in [-0.05, 0) is 42.8 Å². The van der Waals surface area contributed by atoms with Gasteiger partial charge in [-0.3, -0.25) is 10.1 Å². The van der Waals surface area contributed by atoms with Crippen LogP contribution in [0.2, 0.25) is 10.0 Å². The number of carboxylic acid groups (broad SMARTS) is 1. The molecule has 12 heteroatoms. The minimum absolute atomic E-state index is 0. The molecule has 0 aliphatic carbocycles. The molecule has 5 aromatic rings. The fourth-order valence-corrected chi connectivity index (χ4v) is 4.26. The molecule has 0 spiro atoms. The zero-order valence-corrected chi connectivity index (χ0v) is 26.3. The Morgan fingerprint density at radius 1 is 0.905 bits per heavy atom. The average Bonchev–Trinajstić information content (AvgIpc) is 3.39. The van der Waals surface area contributed by atoms with E-state index >= 15 is 0 Å². The maximum Gasteiger partial charge on any atom is 1.00 e. The average molecular weight is 613 g/mol. The summed E-state index contributed by atoms with van der Waals surface area (Å²) in [6.07, 6.45) is -0.611. The molecule has 5 rings (SSSR count). The number of anilines is 3. The fourth-order valence-electron chi connectivity index (χ4n) is 3.79. The number of benzene rings is 4. The quantitative estimate of drug-likeness (QED) is 0.197. The number of nitrogens with zero attached hydrogens (tertiary/aromatic N) is 1. The first-order valence-electron chi connectivity index (χ1n) is 12.1. The summed E-state index contributed by atoms with van der Waals surface area (Å²) in [4.78, 5) is 41.7. The molecule has 0 saturated carbocycles. The molecule has 3 N–H and O–H groups in total. The predicted octanol–water partition coefficient (Wildman–Crippen LogP) is 3.39. The molecular formula is C30H23Cl2N4NaO5. The molecule has 0 atom stereocenters. The van der Waals surface area contributed by atoms with Crippen LogP contribution in [0, 0.1) is 6.92 Å². The molecule has 9 nitrogen and oxygen atoms in total. The molecule has 0 radical (unpaired) electrons. The van der Waals surface area contributed by atoms with Crippen LogP contribution in [0.1, 0.15) is 31.8 Å². The van der Waals surface area contributed by atoms with Gasteiger partial charge >= 0.3 is 35.7 Å². The number of aromatic carboxylic acids is 1. The number of hydrogen-bond donors (Lipinski definition) is 3. The van der Waals surface area contributed by atoms with Crippen molar-refractivity contribution in [1.82, 2.24) is 9.97 Å². The van der Waals surface area contributed by atoms with E-state index in [0.29, 0.717) is 43.6 Å². The zero-order valence-electron chi connectivity index (χ0n) is 22.8. The maximum atomic E-state index is 12.4.